The van der Waals surface area contributed by atoms with Gasteiger partial charge in [-0.1, -0.05) is 17.2 Å². The normalized spacial score (nSPS) is 24.1. The Kier molecular flexibility index (Phi) is 5.46. The van der Waals surface area contributed by atoms with Crippen LogP contribution in [-0.4, -0.2) is 61.0 Å². The van der Waals surface area contributed by atoms with E-state index >= 15 is 0 Å². The van der Waals surface area contributed by atoms with Gasteiger partial charge in [0.1, 0.15) is 0 Å². The lowest BCUT2D eigenvalue weighted by Gasteiger charge is -2.54. The van der Waals surface area contributed by atoms with Gasteiger partial charge in [0.15, 0.2) is 0 Å². The lowest BCUT2D eigenvalue weighted by atomic mass is 9.54. The van der Waals surface area contributed by atoms with Crippen LogP contribution in [0.15, 0.2) is 18.2 Å². The van der Waals surface area contributed by atoms with Crippen molar-refractivity contribution in [2.45, 2.75) is 46.0 Å². The number of morpholine rings is 1. The van der Waals surface area contributed by atoms with Crippen molar-refractivity contribution in [2.24, 2.45) is 11.3 Å². The van der Waals surface area contributed by atoms with Crippen molar-refractivity contribution in [1.82, 2.24) is 9.80 Å². The highest BCUT2D eigenvalue weighted by Crippen LogP contribution is 2.55. The number of carbonyl (C=O) groups is 2. The van der Waals surface area contributed by atoms with Crippen molar-refractivity contribution in [1.29, 1.82) is 0 Å². The molecule has 1 atom stereocenters. The van der Waals surface area contributed by atoms with Crippen molar-refractivity contribution >= 4 is 11.8 Å². The number of benzene rings is 1. The maximum Gasteiger partial charge on any atom is 0.253 e. The van der Waals surface area contributed by atoms with E-state index in [1.54, 1.807) is 0 Å². The second-order valence-electron chi connectivity index (χ2n) is 8.96. The van der Waals surface area contributed by atoms with E-state index in [0.717, 1.165) is 62.1 Å². The molecule has 0 radical (unpaired) electrons. The van der Waals surface area contributed by atoms with E-state index in [1.165, 1.54) is 6.42 Å². The average Bonchev–Trinajstić information content (AvgIpc) is 2.70. The zero-order valence-electron chi connectivity index (χ0n) is 17.2. The van der Waals surface area contributed by atoms with E-state index in [2.05, 4.69) is 6.07 Å². The Morgan fingerprint density at radius 1 is 0.964 bits per heavy atom. The summed E-state index contributed by atoms with van der Waals surface area (Å²) in [6.07, 6.45) is 5.10. The molecule has 2 heterocycles. The second-order valence-corrected chi connectivity index (χ2v) is 8.96. The summed E-state index contributed by atoms with van der Waals surface area (Å²) in [6.45, 7) is 8.50. The van der Waals surface area contributed by atoms with Gasteiger partial charge < -0.3 is 14.5 Å². The summed E-state index contributed by atoms with van der Waals surface area (Å²) in [4.78, 5) is 29.6. The van der Waals surface area contributed by atoms with Crippen LogP contribution in [0.25, 0.3) is 0 Å². The maximum atomic E-state index is 12.9. The van der Waals surface area contributed by atoms with Gasteiger partial charge in [0.05, 0.1) is 13.2 Å². The Morgan fingerprint density at radius 3 is 2.18 bits per heavy atom. The predicted molar refractivity (Wildman–Crippen MR) is 108 cm³/mol. The summed E-state index contributed by atoms with van der Waals surface area (Å²) in [5, 5.41) is 0. The molecule has 1 saturated carbocycles. The molecule has 1 aromatic carbocycles. The Morgan fingerprint density at radius 2 is 1.61 bits per heavy atom. The molecular formula is C23H32N2O3. The lowest BCUT2D eigenvalue weighted by Crippen LogP contribution is -2.52. The summed E-state index contributed by atoms with van der Waals surface area (Å²) < 4.78 is 5.36. The van der Waals surface area contributed by atoms with Crippen LogP contribution in [0.5, 0.6) is 0 Å². The number of carbonyl (C=O) groups excluding carboxylic acids is 2. The van der Waals surface area contributed by atoms with Gasteiger partial charge in [0.25, 0.3) is 5.91 Å². The summed E-state index contributed by atoms with van der Waals surface area (Å²) in [5.74, 6) is 0.935. The molecule has 1 unspecified atom stereocenters. The number of hydrogen-bond donors (Lipinski definition) is 0. The molecule has 2 saturated heterocycles. The number of aryl methyl sites for hydroxylation is 2. The third kappa shape index (κ3) is 3.82. The zero-order chi connectivity index (χ0) is 19.7. The first kappa shape index (κ1) is 19.4. The van der Waals surface area contributed by atoms with Crippen molar-refractivity contribution < 1.29 is 14.3 Å². The molecule has 3 fully saturated rings. The minimum atomic E-state index is 0.155. The first-order valence-electron chi connectivity index (χ1n) is 10.7. The molecule has 1 aromatic rings. The lowest BCUT2D eigenvalue weighted by molar-refractivity contribution is -0.141. The molecule has 2 amide bonds. The fraction of sp³-hybridized carbons (Fsp3) is 0.652. The minimum absolute atomic E-state index is 0.155. The fourth-order valence-electron chi connectivity index (χ4n) is 5.32. The van der Waals surface area contributed by atoms with Crippen LogP contribution in [0.2, 0.25) is 0 Å². The van der Waals surface area contributed by atoms with Crippen LogP contribution in [0.3, 0.4) is 0 Å². The Balaban J connectivity index is 1.34. The number of piperidine rings is 1. The van der Waals surface area contributed by atoms with Crippen molar-refractivity contribution in [2.75, 3.05) is 39.4 Å². The monoisotopic (exact) mass is 384 g/mol. The SMILES string of the molecule is Cc1cc(C)cc(C(=O)N2CCC3(CCC3CC(=O)N3CCOCC3)CC2)c1. The van der Waals surface area contributed by atoms with Crippen LogP contribution in [0, 0.1) is 25.2 Å². The molecule has 3 aliphatic rings. The topological polar surface area (TPSA) is 49.9 Å². The van der Waals surface area contributed by atoms with E-state index in [4.69, 9.17) is 4.74 Å². The minimum Gasteiger partial charge on any atom is -0.378 e. The van der Waals surface area contributed by atoms with Crippen molar-refractivity contribution in [3.05, 3.63) is 34.9 Å². The molecule has 0 N–H and O–H groups in total. The first-order valence-corrected chi connectivity index (χ1v) is 10.7. The van der Waals surface area contributed by atoms with Crippen LogP contribution in [-0.2, 0) is 9.53 Å². The van der Waals surface area contributed by atoms with E-state index in [1.807, 2.05) is 35.8 Å². The van der Waals surface area contributed by atoms with Crippen molar-refractivity contribution in [3.63, 3.8) is 0 Å². The quantitative estimate of drug-likeness (QED) is 0.804. The predicted octanol–water partition coefficient (Wildman–Crippen LogP) is 3.18. The Labute approximate surface area is 168 Å². The van der Waals surface area contributed by atoms with Crippen LogP contribution in [0.4, 0.5) is 0 Å². The van der Waals surface area contributed by atoms with Crippen molar-refractivity contribution in [3.8, 4) is 0 Å². The van der Waals surface area contributed by atoms with Gasteiger partial charge in [0.2, 0.25) is 5.91 Å². The van der Waals surface area contributed by atoms with Crippen LogP contribution in [0.1, 0.15) is 53.6 Å². The highest BCUT2D eigenvalue weighted by molar-refractivity contribution is 5.94. The standard InChI is InChI=1S/C23H32N2O3/c1-17-13-18(2)15-19(14-17)22(27)25-7-5-23(6-8-25)4-3-20(23)16-21(26)24-9-11-28-12-10-24/h13-15,20H,3-12,16H2,1-2H3. The molecule has 0 aromatic heterocycles. The molecule has 1 aliphatic carbocycles. The highest BCUT2D eigenvalue weighted by Gasteiger charge is 2.49. The number of rotatable bonds is 3. The molecule has 1 spiro atoms. The van der Waals surface area contributed by atoms with Gasteiger partial charge in [-0.2, -0.15) is 0 Å². The van der Waals surface area contributed by atoms with Gasteiger partial charge in [-0.25, -0.2) is 0 Å². The van der Waals surface area contributed by atoms with Gasteiger partial charge in [-0.05, 0) is 63.0 Å². The average molecular weight is 385 g/mol. The largest absolute Gasteiger partial charge is 0.378 e. The molecule has 152 valence electrons. The summed E-state index contributed by atoms with van der Waals surface area (Å²) in [5.41, 5.74) is 3.36. The molecule has 28 heavy (non-hydrogen) atoms. The summed E-state index contributed by atoms with van der Waals surface area (Å²) in [6, 6.07) is 6.09. The molecule has 5 heteroatoms. The molecule has 0 bridgehead atoms. The number of likely N-dealkylation sites (tertiary alicyclic amines) is 1. The third-order valence-corrected chi connectivity index (χ3v) is 7.16. The van der Waals surface area contributed by atoms with Crippen LogP contribution >= 0.6 is 0 Å². The molecule has 2 aliphatic heterocycles. The van der Waals surface area contributed by atoms with E-state index in [0.29, 0.717) is 31.5 Å². The highest BCUT2D eigenvalue weighted by atomic mass is 16.5. The van der Waals surface area contributed by atoms with E-state index in [-0.39, 0.29) is 11.3 Å². The van der Waals surface area contributed by atoms with Gasteiger partial charge in [-0.3, -0.25) is 9.59 Å². The van der Waals surface area contributed by atoms with Gasteiger partial charge >= 0.3 is 0 Å². The van der Waals surface area contributed by atoms with E-state index < -0.39 is 0 Å². The Hall–Kier alpha value is -1.88. The first-order chi connectivity index (χ1) is 13.5. The molecule has 4 rings (SSSR count). The fourth-order valence-corrected chi connectivity index (χ4v) is 5.32. The summed E-state index contributed by atoms with van der Waals surface area (Å²) in [7, 11) is 0. The molecule has 5 nitrogen and oxygen atoms in total. The zero-order valence-corrected chi connectivity index (χ0v) is 17.2. The third-order valence-electron chi connectivity index (χ3n) is 7.16. The van der Waals surface area contributed by atoms with Crippen LogP contribution < -0.4 is 0 Å². The van der Waals surface area contributed by atoms with Gasteiger partial charge in [-0.15, -0.1) is 0 Å². The summed E-state index contributed by atoms with van der Waals surface area (Å²) >= 11 is 0. The number of nitrogens with zero attached hydrogens (tertiary/aromatic N) is 2. The van der Waals surface area contributed by atoms with Gasteiger partial charge in [0, 0.05) is 38.2 Å². The Bertz CT molecular complexity index is 726. The molecular weight excluding hydrogens is 352 g/mol. The maximum absolute atomic E-state index is 12.9. The number of ether oxygens (including phenoxy) is 1. The number of amides is 2. The smallest absolute Gasteiger partial charge is 0.253 e. The number of hydrogen-bond acceptors (Lipinski definition) is 3. The van der Waals surface area contributed by atoms with E-state index in [9.17, 15) is 9.59 Å². The second kappa shape index (κ2) is 7.86.